The molecule has 5 aliphatic carbocycles. The van der Waals surface area contributed by atoms with Crippen molar-refractivity contribution < 1.29 is 9.90 Å². The molecule has 0 saturated heterocycles. The van der Waals surface area contributed by atoms with Gasteiger partial charge in [0.15, 0.2) is 5.78 Å². The number of aromatic nitrogens is 2. The Morgan fingerprint density at radius 3 is 2.70 bits per heavy atom. The van der Waals surface area contributed by atoms with Gasteiger partial charge in [-0.2, -0.15) is 10.4 Å². The number of carbonyl (C=O) groups excluding carboxylic acids is 1. The number of carbonyl (C=O) groups is 1. The maximum Gasteiger partial charge on any atom is 0.158 e. The van der Waals surface area contributed by atoms with Crippen molar-refractivity contribution in [2.45, 2.75) is 77.9 Å². The summed E-state index contributed by atoms with van der Waals surface area (Å²) >= 11 is 6.31. The third kappa shape index (κ3) is 3.12. The molecule has 0 aliphatic heterocycles. The van der Waals surface area contributed by atoms with Gasteiger partial charge in [-0.15, -0.1) is 0 Å². The van der Waals surface area contributed by atoms with Crippen molar-refractivity contribution >= 4 is 17.4 Å². The lowest BCUT2D eigenvalue weighted by Gasteiger charge is -2.58. The average molecular weight is 470 g/mol. The van der Waals surface area contributed by atoms with Gasteiger partial charge >= 0.3 is 0 Å². The molecule has 0 amide bonds. The molecule has 1 N–H and O–H groups in total. The molecule has 33 heavy (non-hydrogen) atoms. The van der Waals surface area contributed by atoms with Crippen molar-refractivity contribution in [2.75, 3.05) is 0 Å². The highest BCUT2D eigenvalue weighted by Crippen LogP contribution is 2.77. The first-order valence-corrected chi connectivity index (χ1v) is 13.4. The van der Waals surface area contributed by atoms with Crippen LogP contribution in [0.3, 0.4) is 0 Å². The first-order chi connectivity index (χ1) is 15.7. The highest BCUT2D eigenvalue weighted by molar-refractivity contribution is 6.30. The highest BCUT2D eigenvalue weighted by Gasteiger charge is 2.73. The minimum atomic E-state index is -0.475. The monoisotopic (exact) mass is 469 g/mol. The number of nitrogens with zero attached hydrogens (tertiary/aromatic N) is 3. The summed E-state index contributed by atoms with van der Waals surface area (Å²) in [5.74, 6) is 5.77. The maximum atomic E-state index is 13.7. The fourth-order valence-corrected chi connectivity index (χ4v) is 10.1. The van der Waals surface area contributed by atoms with Crippen LogP contribution in [0.15, 0.2) is 6.20 Å². The molecule has 5 nitrogen and oxygen atoms in total. The zero-order valence-electron chi connectivity index (χ0n) is 20.0. The van der Waals surface area contributed by atoms with Crippen LogP contribution in [0, 0.1) is 70.0 Å². The van der Waals surface area contributed by atoms with Crippen LogP contribution in [0.25, 0.3) is 0 Å². The molecule has 6 heteroatoms. The summed E-state index contributed by atoms with van der Waals surface area (Å²) in [6.45, 7) is 6.98. The maximum absolute atomic E-state index is 13.7. The number of ketones is 1. The first-order valence-electron chi connectivity index (χ1n) is 13.0. The quantitative estimate of drug-likeness (QED) is 0.667. The van der Waals surface area contributed by atoms with Gasteiger partial charge in [0.05, 0.1) is 11.8 Å². The predicted molar refractivity (Wildman–Crippen MR) is 125 cm³/mol. The van der Waals surface area contributed by atoms with E-state index in [9.17, 15) is 15.2 Å². The van der Waals surface area contributed by atoms with E-state index in [0.29, 0.717) is 35.2 Å². The minimum Gasteiger partial charge on any atom is -0.390 e. The summed E-state index contributed by atoms with van der Waals surface area (Å²) in [6, 6.07) is 2.05. The number of rotatable bonds is 3. The van der Waals surface area contributed by atoms with E-state index in [1.165, 1.54) is 36.6 Å². The number of fused-ring (bicyclic) bond motifs is 7. The molecule has 6 rings (SSSR count). The smallest absolute Gasteiger partial charge is 0.158 e. The van der Waals surface area contributed by atoms with Gasteiger partial charge in [-0.3, -0.25) is 4.79 Å². The molecule has 1 heterocycles. The van der Waals surface area contributed by atoms with Gasteiger partial charge < -0.3 is 5.11 Å². The van der Waals surface area contributed by atoms with E-state index in [1.54, 1.807) is 0 Å². The average Bonchev–Trinajstić information content (AvgIpc) is 3.11. The van der Waals surface area contributed by atoms with Gasteiger partial charge in [-0.05, 0) is 105 Å². The molecular weight excluding hydrogens is 434 g/mol. The zero-order valence-corrected chi connectivity index (χ0v) is 20.8. The summed E-state index contributed by atoms with van der Waals surface area (Å²) in [5, 5.41) is 24.4. The Kier molecular flexibility index (Phi) is 4.90. The zero-order chi connectivity index (χ0) is 23.3. The van der Waals surface area contributed by atoms with E-state index in [1.807, 2.05) is 6.92 Å². The van der Waals surface area contributed by atoms with Crippen molar-refractivity contribution in [3.05, 3.63) is 16.9 Å². The standard InChI is InChI=1S/C27H36ClN3O2/c1-14-21-22(14)24(20(32)13-31-25(28)16(11-29)12-30-31)27(3)9-7-18-17-6-8-26(2,33)10-15(17)4-5-19(18)23(21)27/h12,14-15,17-19,21-24,33H,4-10,13H2,1-3H3/t14-,15+,17-,18+,19+,21+,22-,23+,24-,26+,27-/m0/s1. The molecule has 178 valence electrons. The second-order valence-corrected chi connectivity index (χ2v) is 13.1. The topological polar surface area (TPSA) is 78.9 Å². The summed E-state index contributed by atoms with van der Waals surface area (Å²) in [4.78, 5) is 13.7. The van der Waals surface area contributed by atoms with E-state index in [-0.39, 0.29) is 28.8 Å². The second-order valence-electron chi connectivity index (χ2n) is 12.7. The number of hydrogen-bond acceptors (Lipinski definition) is 4. The van der Waals surface area contributed by atoms with Crippen LogP contribution >= 0.6 is 11.6 Å². The SMILES string of the molecule is C[C@H]1[C@@H]2[C@H]1[C@H](C(=O)Cn1ncc(C#N)c1Cl)[C@@]1(C)CC[C@H]3[C@@H](CC[C@@H]4C[C@](C)(O)CC[C@@H]43)[C@H]21. The summed E-state index contributed by atoms with van der Waals surface area (Å²) < 4.78 is 1.52. The Morgan fingerprint density at radius 1 is 1.21 bits per heavy atom. The van der Waals surface area contributed by atoms with Gasteiger partial charge in [0.25, 0.3) is 0 Å². The van der Waals surface area contributed by atoms with Crippen molar-refractivity contribution in [1.82, 2.24) is 9.78 Å². The predicted octanol–water partition coefficient (Wildman–Crippen LogP) is 5.10. The molecule has 0 spiro atoms. The molecule has 0 aromatic carbocycles. The lowest BCUT2D eigenvalue weighted by Crippen LogP contribution is -2.52. The lowest BCUT2D eigenvalue weighted by atomic mass is 9.47. The number of aliphatic hydroxyl groups is 1. The Labute approximate surface area is 201 Å². The molecular formula is C27H36ClN3O2. The van der Waals surface area contributed by atoms with Crippen molar-refractivity contribution in [3.63, 3.8) is 0 Å². The third-order valence-electron chi connectivity index (χ3n) is 11.1. The summed E-state index contributed by atoms with van der Waals surface area (Å²) in [7, 11) is 0. The van der Waals surface area contributed by atoms with Crippen molar-refractivity contribution in [2.24, 2.45) is 58.7 Å². The van der Waals surface area contributed by atoms with Crippen LogP contribution in [0.1, 0.15) is 71.3 Å². The van der Waals surface area contributed by atoms with Crippen LogP contribution < -0.4 is 0 Å². The number of nitriles is 1. The molecule has 11 atom stereocenters. The van der Waals surface area contributed by atoms with Crippen LogP contribution in [0.5, 0.6) is 0 Å². The van der Waals surface area contributed by atoms with Crippen molar-refractivity contribution in [3.8, 4) is 6.07 Å². The molecule has 1 aromatic heterocycles. The highest BCUT2D eigenvalue weighted by atomic mass is 35.5. The largest absolute Gasteiger partial charge is 0.390 e. The Bertz CT molecular complexity index is 1030. The van der Waals surface area contributed by atoms with Gasteiger partial charge in [0.2, 0.25) is 0 Å². The van der Waals surface area contributed by atoms with Crippen LogP contribution in [-0.2, 0) is 11.3 Å². The van der Waals surface area contributed by atoms with Crippen LogP contribution in [-0.4, -0.2) is 26.3 Å². The van der Waals surface area contributed by atoms with E-state index in [2.05, 4.69) is 25.0 Å². The number of halogens is 1. The Balaban J connectivity index is 1.26. The molecule has 0 bridgehead atoms. The third-order valence-corrected chi connectivity index (χ3v) is 11.5. The van der Waals surface area contributed by atoms with Gasteiger partial charge in [-0.25, -0.2) is 4.68 Å². The van der Waals surface area contributed by atoms with E-state index in [0.717, 1.165) is 37.0 Å². The van der Waals surface area contributed by atoms with Gasteiger partial charge in [0, 0.05) is 5.92 Å². The lowest BCUT2D eigenvalue weighted by molar-refractivity contribution is -0.137. The Morgan fingerprint density at radius 2 is 1.97 bits per heavy atom. The fraction of sp³-hybridized carbons (Fsp3) is 0.815. The molecule has 5 fully saturated rings. The number of Topliss-reactive ketones (excluding diaryl/α,β-unsaturated/α-hetero) is 1. The van der Waals surface area contributed by atoms with Crippen LogP contribution in [0.4, 0.5) is 0 Å². The second kappa shape index (κ2) is 7.31. The van der Waals surface area contributed by atoms with E-state index >= 15 is 0 Å². The van der Waals surface area contributed by atoms with Crippen molar-refractivity contribution in [1.29, 1.82) is 5.26 Å². The normalized spacial score (nSPS) is 49.9. The molecule has 1 aromatic rings. The Hall–Kier alpha value is -1.38. The van der Waals surface area contributed by atoms with E-state index in [4.69, 9.17) is 11.6 Å². The number of hydrogen-bond donors (Lipinski definition) is 1. The minimum absolute atomic E-state index is 0.0742. The van der Waals surface area contributed by atoms with Crippen LogP contribution in [0.2, 0.25) is 5.15 Å². The first kappa shape index (κ1) is 22.1. The van der Waals surface area contributed by atoms with Gasteiger partial charge in [-0.1, -0.05) is 25.4 Å². The van der Waals surface area contributed by atoms with Gasteiger partial charge in [0.1, 0.15) is 23.3 Å². The molecule has 0 unspecified atom stereocenters. The summed E-state index contributed by atoms with van der Waals surface area (Å²) in [5.41, 5.74) is -0.0661. The molecule has 5 saturated carbocycles. The van der Waals surface area contributed by atoms with E-state index < -0.39 is 5.60 Å². The fourth-order valence-electron chi connectivity index (χ4n) is 9.89. The molecule has 5 aliphatic rings. The molecule has 0 radical (unpaired) electrons. The summed E-state index contributed by atoms with van der Waals surface area (Å²) in [6.07, 6.45) is 9.45.